The number of halogens is 1. The van der Waals surface area contributed by atoms with Crippen LogP contribution in [-0.2, 0) is 9.59 Å². The summed E-state index contributed by atoms with van der Waals surface area (Å²) in [5.74, 6) is -2.02. The fourth-order valence-corrected chi connectivity index (χ4v) is 3.30. The molecule has 0 aromatic heterocycles. The molecule has 2 rings (SSSR count). The Kier molecular flexibility index (Phi) is 4.30. The van der Waals surface area contributed by atoms with Crippen molar-refractivity contribution in [2.45, 2.75) is 39.3 Å². The number of piperidine rings is 1. The third-order valence-corrected chi connectivity index (χ3v) is 4.41. The molecule has 0 saturated carbocycles. The Morgan fingerprint density at radius 2 is 1.90 bits per heavy atom. The van der Waals surface area contributed by atoms with Crippen molar-refractivity contribution in [1.29, 1.82) is 0 Å². The SMILES string of the molecule is CC1CC(=O)N(C(C)c2ccc(F)cc2)C(C)C1C(=O)O. The standard InChI is InChI=1S/C16H20FNO3/c1-9-8-14(19)18(11(3)15(9)16(20)21)10(2)12-4-6-13(17)7-5-12/h4-7,9-11,15H,8H2,1-3H3,(H,20,21). The highest BCUT2D eigenvalue weighted by atomic mass is 19.1. The highest BCUT2D eigenvalue weighted by molar-refractivity contribution is 5.82. The summed E-state index contributed by atoms with van der Waals surface area (Å²) in [6, 6.07) is 5.30. The molecule has 1 aromatic carbocycles. The minimum atomic E-state index is -0.876. The molecule has 114 valence electrons. The molecular formula is C16H20FNO3. The summed E-state index contributed by atoms with van der Waals surface area (Å²) in [6.07, 6.45) is 0.229. The van der Waals surface area contributed by atoms with E-state index in [1.54, 1.807) is 30.9 Å². The maximum absolute atomic E-state index is 13.0. The Morgan fingerprint density at radius 1 is 1.33 bits per heavy atom. The Bertz CT molecular complexity index is 543. The number of hydrogen-bond acceptors (Lipinski definition) is 2. The van der Waals surface area contributed by atoms with Gasteiger partial charge in [-0.15, -0.1) is 0 Å². The molecule has 4 unspecified atom stereocenters. The second kappa shape index (κ2) is 5.84. The van der Waals surface area contributed by atoms with E-state index < -0.39 is 11.9 Å². The van der Waals surface area contributed by atoms with Gasteiger partial charge in [0, 0.05) is 12.5 Å². The normalized spacial score (nSPS) is 27.5. The monoisotopic (exact) mass is 293 g/mol. The Hall–Kier alpha value is -1.91. The molecule has 4 nitrogen and oxygen atoms in total. The van der Waals surface area contributed by atoms with Crippen LogP contribution in [0.5, 0.6) is 0 Å². The van der Waals surface area contributed by atoms with Crippen LogP contribution in [0.15, 0.2) is 24.3 Å². The summed E-state index contributed by atoms with van der Waals surface area (Å²) in [7, 11) is 0. The van der Waals surface area contributed by atoms with Crippen molar-refractivity contribution in [3.63, 3.8) is 0 Å². The zero-order chi connectivity index (χ0) is 15.7. The average Bonchev–Trinajstić information content (AvgIpc) is 2.38. The molecule has 4 atom stereocenters. The number of carbonyl (C=O) groups excluding carboxylic acids is 1. The molecule has 21 heavy (non-hydrogen) atoms. The van der Waals surface area contributed by atoms with Crippen molar-refractivity contribution in [3.05, 3.63) is 35.6 Å². The summed E-state index contributed by atoms with van der Waals surface area (Å²) in [4.78, 5) is 25.4. The number of carboxylic acids is 1. The van der Waals surface area contributed by atoms with Crippen molar-refractivity contribution < 1.29 is 19.1 Å². The van der Waals surface area contributed by atoms with Gasteiger partial charge < -0.3 is 10.0 Å². The van der Waals surface area contributed by atoms with Crippen LogP contribution in [0.4, 0.5) is 4.39 Å². The van der Waals surface area contributed by atoms with Crippen LogP contribution in [0.2, 0.25) is 0 Å². The van der Waals surface area contributed by atoms with Crippen LogP contribution in [0.3, 0.4) is 0 Å². The Balaban J connectivity index is 2.30. The maximum Gasteiger partial charge on any atom is 0.308 e. The molecule has 1 aliphatic rings. The number of hydrogen-bond donors (Lipinski definition) is 1. The first-order valence-corrected chi connectivity index (χ1v) is 7.12. The fourth-order valence-electron chi connectivity index (χ4n) is 3.30. The molecule has 1 heterocycles. The van der Waals surface area contributed by atoms with Crippen molar-refractivity contribution in [3.8, 4) is 0 Å². The second-order valence-corrected chi connectivity index (χ2v) is 5.81. The van der Waals surface area contributed by atoms with Crippen molar-refractivity contribution >= 4 is 11.9 Å². The summed E-state index contributed by atoms with van der Waals surface area (Å²) in [6.45, 7) is 5.41. The predicted molar refractivity (Wildman–Crippen MR) is 76.0 cm³/mol. The number of likely N-dealkylation sites (tertiary alicyclic amines) is 1. The van der Waals surface area contributed by atoms with E-state index in [4.69, 9.17) is 0 Å². The number of benzene rings is 1. The number of nitrogens with zero attached hydrogens (tertiary/aromatic N) is 1. The summed E-state index contributed by atoms with van der Waals surface area (Å²) in [5.41, 5.74) is 0.801. The van der Waals surface area contributed by atoms with Gasteiger partial charge in [-0.25, -0.2) is 4.39 Å². The van der Waals surface area contributed by atoms with Crippen molar-refractivity contribution in [2.24, 2.45) is 11.8 Å². The topological polar surface area (TPSA) is 57.6 Å². The molecule has 0 radical (unpaired) electrons. The van der Waals surface area contributed by atoms with E-state index >= 15 is 0 Å². The first-order chi connectivity index (χ1) is 9.82. The smallest absolute Gasteiger partial charge is 0.308 e. The lowest BCUT2D eigenvalue weighted by Gasteiger charge is -2.44. The van der Waals surface area contributed by atoms with E-state index in [1.807, 2.05) is 6.92 Å². The van der Waals surface area contributed by atoms with Gasteiger partial charge in [0.2, 0.25) is 5.91 Å². The van der Waals surface area contributed by atoms with Gasteiger partial charge in [0.05, 0.1) is 12.0 Å². The third kappa shape index (κ3) is 2.91. The largest absolute Gasteiger partial charge is 0.481 e. The molecule has 1 saturated heterocycles. The van der Waals surface area contributed by atoms with E-state index in [-0.39, 0.29) is 36.1 Å². The lowest BCUT2D eigenvalue weighted by molar-refractivity contribution is -0.156. The average molecular weight is 293 g/mol. The number of amides is 1. The zero-order valence-corrected chi connectivity index (χ0v) is 12.4. The molecule has 1 fully saturated rings. The molecule has 1 N–H and O–H groups in total. The first-order valence-electron chi connectivity index (χ1n) is 7.12. The minimum Gasteiger partial charge on any atom is -0.481 e. The van der Waals surface area contributed by atoms with Crippen LogP contribution in [0.25, 0.3) is 0 Å². The molecule has 0 aliphatic carbocycles. The number of aliphatic carboxylic acids is 1. The van der Waals surface area contributed by atoms with Gasteiger partial charge in [-0.1, -0.05) is 19.1 Å². The van der Waals surface area contributed by atoms with Gasteiger partial charge in [-0.05, 0) is 37.5 Å². The number of rotatable bonds is 3. The van der Waals surface area contributed by atoms with Crippen LogP contribution in [-0.4, -0.2) is 27.9 Å². The molecule has 1 aliphatic heterocycles. The van der Waals surface area contributed by atoms with Crippen LogP contribution in [0.1, 0.15) is 38.8 Å². The van der Waals surface area contributed by atoms with Crippen LogP contribution in [0, 0.1) is 17.7 Å². The minimum absolute atomic E-state index is 0.0516. The van der Waals surface area contributed by atoms with E-state index in [2.05, 4.69) is 0 Å². The Labute approximate surface area is 123 Å². The van der Waals surface area contributed by atoms with E-state index in [0.717, 1.165) is 5.56 Å². The van der Waals surface area contributed by atoms with Gasteiger partial charge >= 0.3 is 5.97 Å². The van der Waals surface area contributed by atoms with Crippen LogP contribution >= 0.6 is 0 Å². The third-order valence-electron chi connectivity index (χ3n) is 4.41. The van der Waals surface area contributed by atoms with E-state index in [1.165, 1.54) is 12.1 Å². The molecule has 1 aromatic rings. The lowest BCUT2D eigenvalue weighted by Crippen LogP contribution is -2.53. The van der Waals surface area contributed by atoms with Gasteiger partial charge in [0.1, 0.15) is 5.82 Å². The second-order valence-electron chi connectivity index (χ2n) is 5.81. The van der Waals surface area contributed by atoms with Crippen molar-refractivity contribution in [1.82, 2.24) is 4.90 Å². The first kappa shape index (κ1) is 15.5. The highest BCUT2D eigenvalue weighted by Crippen LogP contribution is 2.35. The molecule has 0 spiro atoms. The zero-order valence-electron chi connectivity index (χ0n) is 12.4. The number of carbonyl (C=O) groups is 2. The Morgan fingerprint density at radius 3 is 2.43 bits per heavy atom. The number of carboxylic acid groups (broad SMARTS) is 1. The van der Waals surface area contributed by atoms with Crippen molar-refractivity contribution in [2.75, 3.05) is 0 Å². The van der Waals surface area contributed by atoms with Crippen LogP contribution < -0.4 is 0 Å². The molecule has 0 bridgehead atoms. The summed E-state index contributed by atoms with van der Waals surface area (Å²) < 4.78 is 13.0. The van der Waals surface area contributed by atoms with E-state index in [9.17, 15) is 19.1 Å². The van der Waals surface area contributed by atoms with Gasteiger partial charge in [0.25, 0.3) is 0 Å². The lowest BCUT2D eigenvalue weighted by atomic mass is 9.80. The summed E-state index contributed by atoms with van der Waals surface area (Å²) in [5, 5.41) is 9.38. The van der Waals surface area contributed by atoms with Gasteiger partial charge in [0.15, 0.2) is 0 Å². The fraction of sp³-hybridized carbons (Fsp3) is 0.500. The van der Waals surface area contributed by atoms with Gasteiger partial charge in [-0.3, -0.25) is 9.59 Å². The quantitative estimate of drug-likeness (QED) is 0.932. The molecule has 5 heteroatoms. The predicted octanol–water partition coefficient (Wildman–Crippen LogP) is 2.84. The molecular weight excluding hydrogens is 273 g/mol. The molecule has 1 amide bonds. The maximum atomic E-state index is 13.0. The van der Waals surface area contributed by atoms with Gasteiger partial charge in [-0.2, -0.15) is 0 Å². The summed E-state index contributed by atoms with van der Waals surface area (Å²) >= 11 is 0. The van der Waals surface area contributed by atoms with E-state index in [0.29, 0.717) is 0 Å². The highest BCUT2D eigenvalue weighted by Gasteiger charge is 2.43.